The maximum atomic E-state index is 10.9. The molecule has 9 heteroatoms. The van der Waals surface area contributed by atoms with Crippen LogP contribution in [0.4, 0.5) is 0 Å². The molecule has 0 rings (SSSR count). The number of hydrogen-bond acceptors (Lipinski definition) is 7. The van der Waals surface area contributed by atoms with Gasteiger partial charge in [0, 0.05) is 9.13 Å². The van der Waals surface area contributed by atoms with E-state index in [-0.39, 0.29) is 13.2 Å². The summed E-state index contributed by atoms with van der Waals surface area (Å²) in [6.45, 7) is 3.07. The Morgan fingerprint density at radius 2 is 1.47 bits per heavy atom. The average molecular weight is 260 g/mol. The maximum absolute atomic E-state index is 10.9. The molecule has 0 aliphatic rings. The first-order chi connectivity index (χ1) is 7.13. The molecule has 0 aromatic heterocycles. The number of aliphatic hydroxyl groups is 1. The molecule has 0 radical (unpaired) electrons. The van der Waals surface area contributed by atoms with Crippen LogP contribution in [0.3, 0.4) is 0 Å². The van der Waals surface area contributed by atoms with Gasteiger partial charge in [-0.05, 0) is 13.8 Å². The van der Waals surface area contributed by atoms with E-state index in [0.717, 1.165) is 0 Å². The molecule has 0 saturated heterocycles. The smallest absolute Gasteiger partial charge is 0.391 e. The van der Waals surface area contributed by atoms with Gasteiger partial charge in [0.2, 0.25) is 0 Å². The van der Waals surface area contributed by atoms with Crippen molar-refractivity contribution in [1.29, 1.82) is 0 Å². The van der Waals surface area contributed by atoms with Crippen molar-refractivity contribution in [3.8, 4) is 0 Å². The number of hydrogen-bond donors (Lipinski definition) is 1. The Balaban J connectivity index is 3.91. The highest BCUT2D eigenvalue weighted by Crippen LogP contribution is 2.32. The van der Waals surface area contributed by atoms with E-state index in [0.29, 0.717) is 0 Å². The summed E-state index contributed by atoms with van der Waals surface area (Å²) in [6, 6.07) is 0. The Hall–Kier alpha value is -0.0000000000000000208. The van der Waals surface area contributed by atoms with Gasteiger partial charge < -0.3 is 5.11 Å². The lowest BCUT2D eigenvalue weighted by Crippen LogP contribution is -2.16. The third-order valence-corrected chi connectivity index (χ3v) is 2.78. The summed E-state index contributed by atoms with van der Waals surface area (Å²) in [5, 5.41) is 8.74. The molecule has 0 saturated carbocycles. The van der Waals surface area contributed by atoms with Crippen LogP contribution in [0.5, 0.6) is 0 Å². The fraction of sp³-hybridized carbons (Fsp3) is 1.00. The van der Waals surface area contributed by atoms with Gasteiger partial charge in [0.15, 0.2) is 0 Å². The van der Waals surface area contributed by atoms with Gasteiger partial charge in [-0.2, -0.15) is 0 Å². The minimum absolute atomic E-state index is 0.199. The molecule has 88 valence electrons. The Kier molecular flexibility index (Phi) is 9.24. The zero-order chi connectivity index (χ0) is 11.7. The van der Waals surface area contributed by atoms with E-state index in [1.807, 2.05) is 0 Å². The molecule has 0 aliphatic carbocycles. The first-order valence-electron chi connectivity index (χ1n) is 4.28. The van der Waals surface area contributed by atoms with Crippen LogP contribution >= 0.6 is 16.5 Å². The van der Waals surface area contributed by atoms with Crippen LogP contribution in [0.1, 0.15) is 13.8 Å². The molecule has 0 spiro atoms. The van der Waals surface area contributed by atoms with Crippen molar-refractivity contribution in [3.05, 3.63) is 0 Å². The molecule has 0 bridgehead atoms. The molecule has 0 aromatic carbocycles. The Bertz CT molecular complexity index is 190. The Morgan fingerprint density at radius 1 is 1.07 bits per heavy atom. The SMILES string of the molecule is CCO[P+](=O)OC(CO)O[P+](=O)OCC. The fourth-order valence-electron chi connectivity index (χ4n) is 0.550. The van der Waals surface area contributed by atoms with Crippen molar-refractivity contribution >= 4 is 16.5 Å². The highest BCUT2D eigenvalue weighted by molar-refractivity contribution is 7.34. The normalized spacial score (nSPS) is 14.9. The second-order valence-electron chi connectivity index (χ2n) is 2.11. The molecule has 1 N–H and O–H groups in total. The monoisotopic (exact) mass is 260 g/mol. The summed E-state index contributed by atoms with van der Waals surface area (Å²) in [7, 11) is -4.77. The third-order valence-electron chi connectivity index (χ3n) is 1.03. The quantitative estimate of drug-likeness (QED) is 0.498. The molecule has 2 unspecified atom stereocenters. The predicted molar refractivity (Wildman–Crippen MR) is 51.5 cm³/mol. The minimum atomic E-state index is -2.38. The minimum Gasteiger partial charge on any atom is -0.391 e. The third kappa shape index (κ3) is 7.88. The molecule has 15 heavy (non-hydrogen) atoms. The molecular formula is C6H14O7P2+2. The second kappa shape index (κ2) is 9.24. The fourth-order valence-corrected chi connectivity index (χ4v) is 1.76. The Morgan fingerprint density at radius 3 is 1.73 bits per heavy atom. The van der Waals surface area contributed by atoms with Crippen LogP contribution in [0.15, 0.2) is 0 Å². The van der Waals surface area contributed by atoms with Crippen molar-refractivity contribution in [2.24, 2.45) is 0 Å². The van der Waals surface area contributed by atoms with Crippen molar-refractivity contribution in [3.63, 3.8) is 0 Å². The predicted octanol–water partition coefficient (Wildman–Crippen LogP) is 1.73. The van der Waals surface area contributed by atoms with Gasteiger partial charge in [0.25, 0.3) is 6.29 Å². The van der Waals surface area contributed by atoms with Crippen LogP contribution < -0.4 is 0 Å². The highest BCUT2D eigenvalue weighted by Gasteiger charge is 2.35. The van der Waals surface area contributed by atoms with E-state index in [1.54, 1.807) is 13.8 Å². The van der Waals surface area contributed by atoms with Crippen LogP contribution in [0.25, 0.3) is 0 Å². The van der Waals surface area contributed by atoms with Gasteiger partial charge in [0.05, 0.1) is 0 Å². The molecule has 0 fully saturated rings. The average Bonchev–Trinajstić information content (AvgIpc) is 2.17. The van der Waals surface area contributed by atoms with Crippen LogP contribution in [-0.2, 0) is 27.2 Å². The lowest BCUT2D eigenvalue weighted by molar-refractivity contribution is -0.0423. The van der Waals surface area contributed by atoms with Gasteiger partial charge in [-0.15, -0.1) is 9.05 Å². The zero-order valence-corrected chi connectivity index (χ0v) is 10.3. The number of rotatable bonds is 9. The second-order valence-corrected chi connectivity index (χ2v) is 3.94. The van der Waals surface area contributed by atoms with E-state index in [4.69, 9.17) is 5.11 Å². The van der Waals surface area contributed by atoms with Gasteiger partial charge in [-0.1, -0.05) is 9.05 Å². The summed E-state index contributed by atoms with van der Waals surface area (Å²) in [5.74, 6) is 0. The summed E-state index contributed by atoms with van der Waals surface area (Å²) < 4.78 is 40.2. The van der Waals surface area contributed by atoms with E-state index in [9.17, 15) is 9.13 Å². The van der Waals surface area contributed by atoms with E-state index in [1.165, 1.54) is 0 Å². The van der Waals surface area contributed by atoms with Gasteiger partial charge in [-0.25, -0.2) is 0 Å². The van der Waals surface area contributed by atoms with Gasteiger partial charge in [0.1, 0.15) is 19.8 Å². The molecule has 0 heterocycles. The van der Waals surface area contributed by atoms with Crippen LogP contribution in [0.2, 0.25) is 0 Å². The summed E-state index contributed by atoms with van der Waals surface area (Å²) >= 11 is 0. The van der Waals surface area contributed by atoms with Gasteiger partial charge >= 0.3 is 16.5 Å². The van der Waals surface area contributed by atoms with E-state index in [2.05, 4.69) is 18.1 Å². The van der Waals surface area contributed by atoms with Crippen LogP contribution in [0, 0.1) is 0 Å². The number of aliphatic hydroxyl groups excluding tert-OH is 1. The van der Waals surface area contributed by atoms with E-state index < -0.39 is 29.4 Å². The molecule has 7 nitrogen and oxygen atoms in total. The first kappa shape index (κ1) is 15.0. The summed E-state index contributed by atoms with van der Waals surface area (Å²) in [4.78, 5) is 0. The summed E-state index contributed by atoms with van der Waals surface area (Å²) in [5.41, 5.74) is 0. The van der Waals surface area contributed by atoms with Gasteiger partial charge in [-0.3, -0.25) is 0 Å². The van der Waals surface area contributed by atoms with Crippen molar-refractivity contribution < 1.29 is 32.3 Å². The standard InChI is InChI=1S/C6H14O7P2/c1-3-10-14(8)12-6(5-7)13-15(9)11-4-2/h6-7H,3-5H2,1-2H3/q+2. The van der Waals surface area contributed by atoms with Crippen molar-refractivity contribution in [2.75, 3.05) is 19.8 Å². The largest absolute Gasteiger partial charge is 0.700 e. The first-order valence-corrected chi connectivity index (χ1v) is 6.47. The molecule has 2 atom stereocenters. The molecular weight excluding hydrogens is 246 g/mol. The van der Waals surface area contributed by atoms with Crippen molar-refractivity contribution in [2.45, 2.75) is 20.1 Å². The lowest BCUT2D eigenvalue weighted by Gasteiger charge is -1.97. The molecule has 0 aliphatic heterocycles. The topological polar surface area (TPSA) is 91.3 Å². The van der Waals surface area contributed by atoms with E-state index >= 15 is 0 Å². The lowest BCUT2D eigenvalue weighted by atomic mass is 10.7. The molecule has 0 aromatic rings. The molecule has 0 amide bonds. The van der Waals surface area contributed by atoms with Crippen LogP contribution in [-0.4, -0.2) is 31.2 Å². The zero-order valence-electron chi connectivity index (χ0n) is 8.49. The summed E-state index contributed by atoms with van der Waals surface area (Å²) in [6.07, 6.45) is -1.28. The Labute approximate surface area is 89.6 Å². The van der Waals surface area contributed by atoms with Crippen molar-refractivity contribution in [1.82, 2.24) is 0 Å². The highest BCUT2D eigenvalue weighted by atomic mass is 31.1. The maximum Gasteiger partial charge on any atom is 0.700 e.